The molecule has 3 aromatic rings. The van der Waals surface area contributed by atoms with E-state index in [4.69, 9.17) is 11.6 Å². The van der Waals surface area contributed by atoms with Gasteiger partial charge in [-0.15, -0.1) is 0 Å². The smallest absolute Gasteiger partial charge is 0.221 e. The van der Waals surface area contributed by atoms with E-state index in [1.54, 1.807) is 6.20 Å². The third-order valence-electron chi connectivity index (χ3n) is 3.64. The summed E-state index contributed by atoms with van der Waals surface area (Å²) in [6.07, 6.45) is 1.79. The molecule has 122 valence electrons. The lowest BCUT2D eigenvalue weighted by Crippen LogP contribution is -2.14. The van der Waals surface area contributed by atoms with Crippen LogP contribution in [0.5, 0.6) is 0 Å². The number of pyridine rings is 1. The molecule has 4 nitrogen and oxygen atoms in total. The molecule has 2 N–H and O–H groups in total. The Hall–Kier alpha value is -2.43. The topological polar surface area (TPSA) is 54.0 Å². The van der Waals surface area contributed by atoms with E-state index in [1.165, 1.54) is 6.92 Å². The van der Waals surface area contributed by atoms with E-state index in [2.05, 4.69) is 15.6 Å². The van der Waals surface area contributed by atoms with Crippen molar-refractivity contribution in [3.63, 3.8) is 0 Å². The number of rotatable bonds is 5. The number of carbonyl (C=O) groups excluding carboxylic acids is 1. The van der Waals surface area contributed by atoms with Crippen LogP contribution in [0.4, 0.5) is 5.69 Å². The molecule has 1 heterocycles. The van der Waals surface area contributed by atoms with Crippen LogP contribution in [-0.4, -0.2) is 10.9 Å². The van der Waals surface area contributed by atoms with Gasteiger partial charge in [-0.05, 0) is 41.5 Å². The Labute approximate surface area is 145 Å². The number of nitrogens with one attached hydrogen (secondary N) is 2. The van der Waals surface area contributed by atoms with E-state index >= 15 is 0 Å². The molecule has 0 fully saturated rings. The quantitative estimate of drug-likeness (QED) is 0.734. The van der Waals surface area contributed by atoms with Gasteiger partial charge in [0.15, 0.2) is 0 Å². The van der Waals surface area contributed by atoms with Gasteiger partial charge >= 0.3 is 0 Å². The van der Waals surface area contributed by atoms with Crippen LogP contribution in [0.25, 0.3) is 10.9 Å². The summed E-state index contributed by atoms with van der Waals surface area (Å²) >= 11 is 6.19. The highest BCUT2D eigenvalue weighted by molar-refractivity contribution is 6.31. The number of halogens is 1. The number of nitrogens with zero attached hydrogens (tertiary/aromatic N) is 1. The Morgan fingerprint density at radius 3 is 2.83 bits per heavy atom. The average Bonchev–Trinajstić information content (AvgIpc) is 2.54. The summed E-state index contributed by atoms with van der Waals surface area (Å²) in [6, 6.07) is 15.6. The first kappa shape index (κ1) is 16.4. The van der Waals surface area contributed by atoms with Crippen molar-refractivity contribution in [3.05, 3.63) is 70.9 Å². The van der Waals surface area contributed by atoms with Gasteiger partial charge in [0.1, 0.15) is 0 Å². The standard InChI is InChI=1S/C19H18ClN3O/c1-13(24)23-18-6-2-4-14(8-18)11-21-12-16-10-17(20)9-15-5-3-7-22-19(15)16/h2-10,21H,11-12H2,1H3,(H,23,24). The number of hydrogen-bond acceptors (Lipinski definition) is 3. The molecule has 0 bridgehead atoms. The van der Waals surface area contributed by atoms with Crippen molar-refractivity contribution in [1.82, 2.24) is 10.3 Å². The number of fused-ring (bicyclic) bond motifs is 1. The van der Waals surface area contributed by atoms with E-state index in [0.29, 0.717) is 18.1 Å². The molecular formula is C19H18ClN3O. The van der Waals surface area contributed by atoms with Crippen LogP contribution in [-0.2, 0) is 17.9 Å². The maximum atomic E-state index is 11.1. The summed E-state index contributed by atoms with van der Waals surface area (Å²) in [5, 5.41) is 7.94. The lowest BCUT2D eigenvalue weighted by atomic mass is 10.1. The second-order valence-electron chi connectivity index (χ2n) is 5.63. The lowest BCUT2D eigenvalue weighted by Gasteiger charge is -2.10. The lowest BCUT2D eigenvalue weighted by molar-refractivity contribution is -0.114. The van der Waals surface area contributed by atoms with Crippen LogP contribution >= 0.6 is 11.6 Å². The van der Waals surface area contributed by atoms with E-state index in [-0.39, 0.29) is 5.91 Å². The largest absolute Gasteiger partial charge is 0.326 e. The molecular weight excluding hydrogens is 322 g/mol. The summed E-state index contributed by atoms with van der Waals surface area (Å²) < 4.78 is 0. The van der Waals surface area contributed by atoms with Crippen molar-refractivity contribution in [2.45, 2.75) is 20.0 Å². The highest BCUT2D eigenvalue weighted by Crippen LogP contribution is 2.22. The average molecular weight is 340 g/mol. The Balaban J connectivity index is 1.70. The van der Waals surface area contributed by atoms with Gasteiger partial charge in [-0.3, -0.25) is 9.78 Å². The normalized spacial score (nSPS) is 10.8. The first-order valence-electron chi connectivity index (χ1n) is 7.72. The number of anilines is 1. The van der Waals surface area contributed by atoms with Gasteiger partial charge in [0.25, 0.3) is 0 Å². The molecule has 0 radical (unpaired) electrons. The van der Waals surface area contributed by atoms with Gasteiger partial charge in [0.2, 0.25) is 5.91 Å². The summed E-state index contributed by atoms with van der Waals surface area (Å²) in [7, 11) is 0. The molecule has 2 aromatic carbocycles. The summed E-state index contributed by atoms with van der Waals surface area (Å²) in [5.41, 5.74) is 3.93. The zero-order valence-electron chi connectivity index (χ0n) is 13.3. The van der Waals surface area contributed by atoms with Crippen LogP contribution in [0.3, 0.4) is 0 Å². The highest BCUT2D eigenvalue weighted by atomic mass is 35.5. The summed E-state index contributed by atoms with van der Waals surface area (Å²) in [6.45, 7) is 2.86. The Morgan fingerprint density at radius 1 is 1.12 bits per heavy atom. The number of carbonyl (C=O) groups is 1. The summed E-state index contributed by atoms with van der Waals surface area (Å²) in [5.74, 6) is -0.0726. The van der Waals surface area contributed by atoms with Gasteiger partial charge in [-0.1, -0.05) is 29.8 Å². The molecule has 0 aliphatic heterocycles. The Bertz CT molecular complexity index is 879. The molecule has 0 saturated heterocycles. The monoisotopic (exact) mass is 339 g/mol. The van der Waals surface area contributed by atoms with Crippen molar-refractivity contribution in [3.8, 4) is 0 Å². The van der Waals surface area contributed by atoms with Gasteiger partial charge in [0.05, 0.1) is 5.52 Å². The van der Waals surface area contributed by atoms with Crippen LogP contribution in [0.2, 0.25) is 5.02 Å². The maximum Gasteiger partial charge on any atom is 0.221 e. The fourth-order valence-electron chi connectivity index (χ4n) is 2.67. The number of aromatic nitrogens is 1. The minimum Gasteiger partial charge on any atom is -0.326 e. The molecule has 0 atom stereocenters. The molecule has 3 rings (SSSR count). The molecule has 0 aliphatic carbocycles. The predicted octanol–water partition coefficient (Wildman–Crippen LogP) is 4.14. The molecule has 1 aromatic heterocycles. The predicted molar refractivity (Wildman–Crippen MR) is 98.0 cm³/mol. The maximum absolute atomic E-state index is 11.1. The minimum atomic E-state index is -0.0726. The zero-order chi connectivity index (χ0) is 16.9. The minimum absolute atomic E-state index is 0.0726. The third kappa shape index (κ3) is 4.10. The molecule has 1 amide bonds. The van der Waals surface area contributed by atoms with E-state index < -0.39 is 0 Å². The number of amides is 1. The van der Waals surface area contributed by atoms with Gasteiger partial charge in [-0.25, -0.2) is 0 Å². The van der Waals surface area contributed by atoms with Crippen LogP contribution in [0, 0.1) is 0 Å². The number of hydrogen-bond donors (Lipinski definition) is 2. The SMILES string of the molecule is CC(=O)Nc1cccc(CNCc2cc(Cl)cc3cccnc23)c1. The van der Waals surface area contributed by atoms with Crippen molar-refractivity contribution in [1.29, 1.82) is 0 Å². The Kier molecular flexibility index (Phi) is 5.08. The third-order valence-corrected chi connectivity index (χ3v) is 3.86. The molecule has 0 saturated carbocycles. The highest BCUT2D eigenvalue weighted by Gasteiger charge is 2.05. The van der Waals surface area contributed by atoms with Crippen molar-refractivity contribution in [2.24, 2.45) is 0 Å². The second kappa shape index (κ2) is 7.43. The first-order valence-corrected chi connectivity index (χ1v) is 8.10. The summed E-state index contributed by atoms with van der Waals surface area (Å²) in [4.78, 5) is 15.6. The van der Waals surface area contributed by atoms with Gasteiger partial charge in [-0.2, -0.15) is 0 Å². The fourth-order valence-corrected chi connectivity index (χ4v) is 2.92. The second-order valence-corrected chi connectivity index (χ2v) is 6.06. The first-order chi connectivity index (χ1) is 11.6. The number of benzene rings is 2. The van der Waals surface area contributed by atoms with Crippen molar-refractivity contribution >= 4 is 34.1 Å². The molecule has 24 heavy (non-hydrogen) atoms. The zero-order valence-corrected chi connectivity index (χ0v) is 14.1. The van der Waals surface area contributed by atoms with E-state index in [1.807, 2.05) is 48.5 Å². The molecule has 0 spiro atoms. The van der Waals surface area contributed by atoms with E-state index in [0.717, 1.165) is 27.7 Å². The van der Waals surface area contributed by atoms with Crippen LogP contribution in [0.1, 0.15) is 18.1 Å². The van der Waals surface area contributed by atoms with Crippen molar-refractivity contribution < 1.29 is 4.79 Å². The van der Waals surface area contributed by atoms with Gasteiger partial charge in [0, 0.05) is 42.3 Å². The fraction of sp³-hybridized carbons (Fsp3) is 0.158. The van der Waals surface area contributed by atoms with Crippen LogP contribution < -0.4 is 10.6 Å². The molecule has 5 heteroatoms. The molecule has 0 aliphatic rings. The van der Waals surface area contributed by atoms with Crippen molar-refractivity contribution in [2.75, 3.05) is 5.32 Å². The van der Waals surface area contributed by atoms with E-state index in [9.17, 15) is 4.79 Å². The van der Waals surface area contributed by atoms with Gasteiger partial charge < -0.3 is 10.6 Å². The Morgan fingerprint density at radius 2 is 2.00 bits per heavy atom. The molecule has 0 unspecified atom stereocenters. The van der Waals surface area contributed by atoms with Crippen LogP contribution in [0.15, 0.2) is 54.7 Å².